The summed E-state index contributed by atoms with van der Waals surface area (Å²) in [6.07, 6.45) is 64.7. The van der Waals surface area contributed by atoms with Crippen LogP contribution in [0.3, 0.4) is 0 Å². The molecule has 0 spiro atoms. The van der Waals surface area contributed by atoms with Crippen molar-refractivity contribution in [3.8, 4) is 0 Å². The summed E-state index contributed by atoms with van der Waals surface area (Å²) in [4.78, 5) is 25.2. The standard InChI is InChI=1S/C56H100NO7P/c1-6-8-10-12-14-16-18-20-22-24-25-26-27-28-29-30-31-32-34-36-38-40-42-44-46-48-51-61-53-55(54-63-65(59,60)62-52-50-57(3,4)5)64-56(58)49-47-45-43-41-39-37-35-33-23-21-19-17-15-13-11-9-7-2/h8-11,14-17,20-23,25-26,55H,6-7,12-13,18-19,24,27-54H2,1-5H3/b10-8-,11-9-,16-14-,17-15-,22-20-,23-21-,26-25-. The molecule has 0 saturated carbocycles. The van der Waals surface area contributed by atoms with Gasteiger partial charge in [-0.05, 0) is 83.5 Å². The second-order valence-corrected chi connectivity index (χ2v) is 19.9. The maximum atomic E-state index is 12.7. The monoisotopic (exact) mass is 930 g/mol. The highest BCUT2D eigenvalue weighted by Crippen LogP contribution is 2.38. The Balaban J connectivity index is 4.10. The first-order valence-corrected chi connectivity index (χ1v) is 27.8. The zero-order valence-corrected chi connectivity index (χ0v) is 43.6. The smallest absolute Gasteiger partial charge is 0.306 e. The van der Waals surface area contributed by atoms with Crippen molar-refractivity contribution in [2.24, 2.45) is 0 Å². The molecule has 376 valence electrons. The van der Waals surface area contributed by atoms with Gasteiger partial charge in [0.15, 0.2) is 0 Å². The highest BCUT2D eigenvalue weighted by atomic mass is 31.2. The number of esters is 1. The van der Waals surface area contributed by atoms with Gasteiger partial charge in [0.05, 0.1) is 34.4 Å². The van der Waals surface area contributed by atoms with Gasteiger partial charge in [0.1, 0.15) is 19.3 Å². The van der Waals surface area contributed by atoms with Crippen molar-refractivity contribution in [2.45, 2.75) is 213 Å². The van der Waals surface area contributed by atoms with Crippen LogP contribution in [0.4, 0.5) is 0 Å². The lowest BCUT2D eigenvalue weighted by molar-refractivity contribution is -0.870. The van der Waals surface area contributed by atoms with E-state index >= 15 is 0 Å². The third-order valence-electron chi connectivity index (χ3n) is 10.9. The molecule has 9 heteroatoms. The number of ether oxygens (including phenoxy) is 2. The summed E-state index contributed by atoms with van der Waals surface area (Å²) in [5, 5.41) is 0. The number of carbonyl (C=O) groups is 1. The molecule has 65 heavy (non-hydrogen) atoms. The van der Waals surface area contributed by atoms with Crippen LogP contribution in [0.1, 0.15) is 206 Å². The van der Waals surface area contributed by atoms with Crippen LogP contribution < -0.4 is 4.89 Å². The lowest BCUT2D eigenvalue weighted by atomic mass is 10.0. The van der Waals surface area contributed by atoms with Gasteiger partial charge >= 0.3 is 5.97 Å². The first-order valence-electron chi connectivity index (χ1n) is 26.3. The van der Waals surface area contributed by atoms with Crippen molar-refractivity contribution < 1.29 is 37.3 Å². The molecule has 8 nitrogen and oxygen atoms in total. The summed E-state index contributed by atoms with van der Waals surface area (Å²) in [5.41, 5.74) is 0. The quantitative estimate of drug-likeness (QED) is 0.0197. The number of hydrogen-bond donors (Lipinski definition) is 0. The summed E-state index contributed by atoms with van der Waals surface area (Å²) in [6.45, 7) is 5.18. The summed E-state index contributed by atoms with van der Waals surface area (Å²) in [5.74, 6) is -0.346. The Bertz CT molecular complexity index is 1310. The Morgan fingerprint density at radius 2 is 0.846 bits per heavy atom. The summed E-state index contributed by atoms with van der Waals surface area (Å²) >= 11 is 0. The van der Waals surface area contributed by atoms with E-state index in [2.05, 4.69) is 98.9 Å². The average molecular weight is 930 g/mol. The molecule has 0 rings (SSSR count). The van der Waals surface area contributed by atoms with Gasteiger partial charge in [-0.25, -0.2) is 0 Å². The molecule has 0 heterocycles. The molecule has 0 fully saturated rings. The van der Waals surface area contributed by atoms with Crippen molar-refractivity contribution in [2.75, 3.05) is 54.1 Å². The molecule has 0 radical (unpaired) electrons. The van der Waals surface area contributed by atoms with E-state index in [0.29, 0.717) is 24.1 Å². The summed E-state index contributed by atoms with van der Waals surface area (Å²) in [7, 11) is 1.34. The fourth-order valence-corrected chi connectivity index (χ4v) is 7.69. The third-order valence-corrected chi connectivity index (χ3v) is 11.9. The van der Waals surface area contributed by atoms with Gasteiger partial charge < -0.3 is 27.9 Å². The first kappa shape index (κ1) is 62.7. The molecule has 0 N–H and O–H groups in total. The second-order valence-electron chi connectivity index (χ2n) is 18.5. The molecule has 0 aromatic heterocycles. The van der Waals surface area contributed by atoms with Crippen LogP contribution in [-0.4, -0.2) is 70.7 Å². The normalized spacial score (nSPS) is 14.2. The van der Waals surface area contributed by atoms with Crippen LogP contribution in [0, 0.1) is 0 Å². The van der Waals surface area contributed by atoms with E-state index in [1.807, 2.05) is 21.1 Å². The highest BCUT2D eigenvalue weighted by molar-refractivity contribution is 7.45. The Kier molecular flexibility index (Phi) is 46.4. The maximum absolute atomic E-state index is 12.7. The highest BCUT2D eigenvalue weighted by Gasteiger charge is 2.20. The number of rotatable bonds is 48. The van der Waals surface area contributed by atoms with Crippen LogP contribution in [0.25, 0.3) is 0 Å². The van der Waals surface area contributed by atoms with E-state index in [-0.39, 0.29) is 25.8 Å². The van der Waals surface area contributed by atoms with Gasteiger partial charge in [0.2, 0.25) is 0 Å². The molecular formula is C56H100NO7P. The van der Waals surface area contributed by atoms with Crippen molar-refractivity contribution in [1.29, 1.82) is 0 Å². The minimum atomic E-state index is -4.54. The lowest BCUT2D eigenvalue weighted by Crippen LogP contribution is -2.37. The Morgan fingerprint density at radius 3 is 1.26 bits per heavy atom. The van der Waals surface area contributed by atoms with Crippen LogP contribution in [-0.2, 0) is 27.9 Å². The number of likely N-dealkylation sites (N-methyl/N-ethyl adjacent to an activating group) is 1. The number of phosphoric acid groups is 1. The van der Waals surface area contributed by atoms with Gasteiger partial charge in [-0.3, -0.25) is 9.36 Å². The summed E-state index contributed by atoms with van der Waals surface area (Å²) < 4.78 is 34.8. The number of unbranched alkanes of at least 4 members (excludes halogenated alkanes) is 20. The van der Waals surface area contributed by atoms with E-state index in [1.165, 1.54) is 103 Å². The van der Waals surface area contributed by atoms with Gasteiger partial charge in [-0.15, -0.1) is 0 Å². The molecule has 0 amide bonds. The predicted molar refractivity (Wildman–Crippen MR) is 277 cm³/mol. The minimum absolute atomic E-state index is 0.0202. The molecule has 0 aliphatic heterocycles. The molecule has 2 atom stereocenters. The molecule has 0 bridgehead atoms. The lowest BCUT2D eigenvalue weighted by Gasteiger charge is -2.28. The zero-order valence-electron chi connectivity index (χ0n) is 42.7. The van der Waals surface area contributed by atoms with Crippen LogP contribution in [0.5, 0.6) is 0 Å². The number of carbonyl (C=O) groups excluding carboxylic acids is 1. The maximum Gasteiger partial charge on any atom is 0.306 e. The molecular weight excluding hydrogens is 830 g/mol. The van der Waals surface area contributed by atoms with E-state index in [0.717, 1.165) is 83.5 Å². The topological polar surface area (TPSA) is 94.1 Å². The van der Waals surface area contributed by atoms with Gasteiger partial charge in [-0.2, -0.15) is 0 Å². The van der Waals surface area contributed by atoms with Gasteiger partial charge in [0, 0.05) is 13.0 Å². The summed E-state index contributed by atoms with van der Waals surface area (Å²) in [6, 6.07) is 0. The fraction of sp³-hybridized carbons (Fsp3) is 0.732. The Hall–Kier alpha value is -2.32. The number of quaternary nitrogens is 1. The first-order chi connectivity index (χ1) is 31.6. The Morgan fingerprint density at radius 1 is 0.477 bits per heavy atom. The second kappa shape index (κ2) is 48.1. The Labute approximate surface area is 401 Å². The zero-order chi connectivity index (χ0) is 47.6. The molecule has 0 saturated heterocycles. The van der Waals surface area contributed by atoms with Crippen molar-refractivity contribution >= 4 is 13.8 Å². The third kappa shape index (κ3) is 52.5. The van der Waals surface area contributed by atoms with Crippen molar-refractivity contribution in [1.82, 2.24) is 0 Å². The SMILES string of the molecule is CC/C=C\C/C=C\C/C=C\C/C=C\CCCCCCCCCCCCCCCOCC(COP(=O)([O-])OCC[N+](C)(C)C)OC(=O)CCCCCCCCC/C=C\C/C=C\C/C=C\CC. The van der Waals surface area contributed by atoms with E-state index in [9.17, 15) is 14.3 Å². The van der Waals surface area contributed by atoms with Crippen molar-refractivity contribution in [3.05, 3.63) is 85.1 Å². The van der Waals surface area contributed by atoms with E-state index < -0.39 is 13.9 Å². The number of phosphoric ester groups is 1. The number of allylic oxidation sites excluding steroid dienone is 14. The van der Waals surface area contributed by atoms with E-state index in [1.54, 1.807) is 0 Å². The number of hydrogen-bond acceptors (Lipinski definition) is 7. The van der Waals surface area contributed by atoms with Gasteiger partial charge in [-0.1, -0.05) is 202 Å². The predicted octanol–water partition coefficient (Wildman–Crippen LogP) is 15.8. The van der Waals surface area contributed by atoms with Crippen molar-refractivity contribution in [3.63, 3.8) is 0 Å². The van der Waals surface area contributed by atoms with Crippen LogP contribution in [0.15, 0.2) is 85.1 Å². The van der Waals surface area contributed by atoms with Crippen LogP contribution >= 0.6 is 7.82 Å². The number of nitrogens with zero attached hydrogens (tertiary/aromatic N) is 1. The van der Waals surface area contributed by atoms with Gasteiger partial charge in [0.25, 0.3) is 7.82 Å². The molecule has 0 aromatic rings. The average Bonchev–Trinajstić information content (AvgIpc) is 3.27. The van der Waals surface area contributed by atoms with Crippen LogP contribution in [0.2, 0.25) is 0 Å². The molecule has 2 unspecified atom stereocenters. The molecule has 0 aromatic carbocycles. The molecule has 0 aliphatic rings. The molecule has 0 aliphatic carbocycles. The minimum Gasteiger partial charge on any atom is -0.756 e. The fourth-order valence-electron chi connectivity index (χ4n) is 6.96. The largest absolute Gasteiger partial charge is 0.756 e. The van der Waals surface area contributed by atoms with E-state index in [4.69, 9.17) is 18.5 Å².